The average molecular weight is 347 g/mol. The summed E-state index contributed by atoms with van der Waals surface area (Å²) in [4.78, 5) is 22.4. The van der Waals surface area contributed by atoms with Crippen LogP contribution >= 0.6 is 27.3 Å². The smallest absolute Gasteiger partial charge is 0.407 e. The molecule has 0 aliphatic carbocycles. The Morgan fingerprint density at radius 2 is 2.16 bits per heavy atom. The Morgan fingerprint density at radius 1 is 1.42 bits per heavy atom. The summed E-state index contributed by atoms with van der Waals surface area (Å²) in [5, 5.41) is 7.11. The van der Waals surface area contributed by atoms with E-state index < -0.39 is 6.09 Å². The molecular weight excluding hydrogens is 332 g/mol. The summed E-state index contributed by atoms with van der Waals surface area (Å²) in [5.41, 5.74) is 0.969. The molecule has 0 aromatic carbocycles. The number of carbonyl (C=O) groups excluding carboxylic acids is 2. The molecule has 0 radical (unpaired) electrons. The summed E-state index contributed by atoms with van der Waals surface area (Å²) < 4.78 is 5.70. The standard InChI is InChI=1S/C12H15BrN2O3S/c1-2-18-12(17)15-6-5-14-11(16)4-3-9-7-10(13)19-8-9/h3-4,7-8H,2,5-6H2,1H3,(H,14,16)(H,15,17). The van der Waals surface area contributed by atoms with Crippen molar-refractivity contribution in [3.63, 3.8) is 0 Å². The lowest BCUT2D eigenvalue weighted by atomic mass is 10.3. The van der Waals surface area contributed by atoms with Crippen molar-refractivity contribution in [3.8, 4) is 0 Å². The third kappa shape index (κ3) is 6.97. The maximum absolute atomic E-state index is 11.4. The normalized spacial score (nSPS) is 10.4. The largest absolute Gasteiger partial charge is 0.450 e. The van der Waals surface area contributed by atoms with Gasteiger partial charge in [0.15, 0.2) is 0 Å². The summed E-state index contributed by atoms with van der Waals surface area (Å²) >= 11 is 4.91. The summed E-state index contributed by atoms with van der Waals surface area (Å²) in [6.45, 7) is 2.75. The van der Waals surface area contributed by atoms with Crippen molar-refractivity contribution < 1.29 is 14.3 Å². The number of carbonyl (C=O) groups is 2. The molecule has 0 fully saturated rings. The van der Waals surface area contributed by atoms with Crippen molar-refractivity contribution in [3.05, 3.63) is 26.9 Å². The Labute approximate surface area is 124 Å². The minimum atomic E-state index is -0.476. The topological polar surface area (TPSA) is 67.4 Å². The Hall–Kier alpha value is -1.34. The molecule has 1 aromatic heterocycles. The van der Waals surface area contributed by atoms with Crippen LogP contribution in [0.15, 0.2) is 21.3 Å². The molecule has 0 spiro atoms. The van der Waals surface area contributed by atoms with Gasteiger partial charge in [0, 0.05) is 19.2 Å². The van der Waals surface area contributed by atoms with Crippen LogP contribution in [0.5, 0.6) is 0 Å². The van der Waals surface area contributed by atoms with Crippen LogP contribution < -0.4 is 10.6 Å². The van der Waals surface area contributed by atoms with Crippen molar-refractivity contribution >= 4 is 45.3 Å². The van der Waals surface area contributed by atoms with Gasteiger partial charge in [0.1, 0.15) is 0 Å². The summed E-state index contributed by atoms with van der Waals surface area (Å²) in [6, 6.07) is 1.93. The van der Waals surface area contributed by atoms with Crippen molar-refractivity contribution in [2.75, 3.05) is 19.7 Å². The van der Waals surface area contributed by atoms with Crippen LogP contribution in [0.2, 0.25) is 0 Å². The molecule has 0 atom stereocenters. The maximum atomic E-state index is 11.4. The highest BCUT2D eigenvalue weighted by Crippen LogP contribution is 2.21. The van der Waals surface area contributed by atoms with Crippen molar-refractivity contribution in [2.24, 2.45) is 0 Å². The summed E-state index contributed by atoms with van der Waals surface area (Å²) in [7, 11) is 0. The van der Waals surface area contributed by atoms with E-state index in [-0.39, 0.29) is 5.91 Å². The number of nitrogens with one attached hydrogen (secondary N) is 2. The van der Waals surface area contributed by atoms with Crippen LogP contribution in [0.25, 0.3) is 6.08 Å². The third-order valence-corrected chi connectivity index (χ3v) is 3.51. The number of hydrogen-bond donors (Lipinski definition) is 2. The Kier molecular flexibility index (Phi) is 7.20. The highest BCUT2D eigenvalue weighted by atomic mass is 79.9. The molecular formula is C12H15BrN2O3S. The van der Waals surface area contributed by atoms with Crippen LogP contribution in [0, 0.1) is 0 Å². The fourth-order valence-electron chi connectivity index (χ4n) is 1.17. The van der Waals surface area contributed by atoms with E-state index >= 15 is 0 Å². The lowest BCUT2D eigenvalue weighted by Gasteiger charge is -2.05. The Morgan fingerprint density at radius 3 is 2.79 bits per heavy atom. The van der Waals surface area contributed by atoms with Crippen LogP contribution in [-0.2, 0) is 9.53 Å². The molecule has 5 nitrogen and oxygen atoms in total. The molecule has 104 valence electrons. The molecule has 2 N–H and O–H groups in total. The highest BCUT2D eigenvalue weighted by Gasteiger charge is 1.99. The number of halogens is 1. The van der Waals surface area contributed by atoms with Crippen molar-refractivity contribution in [1.82, 2.24) is 10.6 Å². The highest BCUT2D eigenvalue weighted by molar-refractivity contribution is 9.11. The van der Waals surface area contributed by atoms with E-state index in [1.54, 1.807) is 24.3 Å². The van der Waals surface area contributed by atoms with Gasteiger partial charge in [0.05, 0.1) is 10.4 Å². The second-order valence-corrected chi connectivity index (χ2v) is 5.75. The molecule has 0 bridgehead atoms. The molecule has 1 heterocycles. The first-order valence-electron chi connectivity index (χ1n) is 5.72. The van der Waals surface area contributed by atoms with E-state index in [9.17, 15) is 9.59 Å². The SMILES string of the molecule is CCOC(=O)NCCNC(=O)C=Cc1csc(Br)c1. The number of ether oxygens (including phenoxy) is 1. The van der Waals surface area contributed by atoms with E-state index in [4.69, 9.17) is 0 Å². The zero-order valence-corrected chi connectivity index (χ0v) is 12.8. The van der Waals surface area contributed by atoms with Crippen LogP contribution in [0.1, 0.15) is 12.5 Å². The number of alkyl carbamates (subject to hydrolysis) is 1. The van der Waals surface area contributed by atoms with E-state index in [0.29, 0.717) is 19.7 Å². The minimum absolute atomic E-state index is 0.201. The number of hydrogen-bond acceptors (Lipinski definition) is 4. The van der Waals surface area contributed by atoms with Gasteiger partial charge in [-0.15, -0.1) is 11.3 Å². The second-order valence-electron chi connectivity index (χ2n) is 3.46. The number of thiophene rings is 1. The predicted molar refractivity (Wildman–Crippen MR) is 79.1 cm³/mol. The van der Waals surface area contributed by atoms with Gasteiger partial charge in [-0.2, -0.15) is 0 Å². The van der Waals surface area contributed by atoms with Gasteiger partial charge in [0.2, 0.25) is 5.91 Å². The second kappa shape index (κ2) is 8.71. The van der Waals surface area contributed by atoms with Crippen molar-refractivity contribution in [1.29, 1.82) is 0 Å². The fraction of sp³-hybridized carbons (Fsp3) is 0.333. The average Bonchev–Trinajstić information content (AvgIpc) is 2.78. The zero-order chi connectivity index (χ0) is 14.1. The van der Waals surface area contributed by atoms with Gasteiger partial charge in [-0.1, -0.05) is 0 Å². The quantitative estimate of drug-likeness (QED) is 0.613. The molecule has 0 aliphatic rings. The zero-order valence-electron chi connectivity index (χ0n) is 10.4. The van der Waals surface area contributed by atoms with Gasteiger partial charge < -0.3 is 15.4 Å². The van der Waals surface area contributed by atoms with E-state index in [1.165, 1.54) is 6.08 Å². The van der Waals surface area contributed by atoms with Crippen LogP contribution in [0.3, 0.4) is 0 Å². The first-order valence-corrected chi connectivity index (χ1v) is 7.39. The van der Waals surface area contributed by atoms with Gasteiger partial charge in [-0.25, -0.2) is 4.79 Å². The van der Waals surface area contributed by atoms with E-state index in [0.717, 1.165) is 9.35 Å². The fourth-order valence-corrected chi connectivity index (χ4v) is 2.32. The molecule has 1 rings (SSSR count). The first kappa shape index (κ1) is 15.7. The van der Waals surface area contributed by atoms with Gasteiger partial charge in [0.25, 0.3) is 0 Å². The Bertz CT molecular complexity index is 460. The third-order valence-electron chi connectivity index (χ3n) is 1.98. The van der Waals surface area contributed by atoms with Crippen LogP contribution in [0.4, 0.5) is 4.79 Å². The van der Waals surface area contributed by atoms with Crippen molar-refractivity contribution in [2.45, 2.75) is 6.92 Å². The lowest BCUT2D eigenvalue weighted by Crippen LogP contribution is -2.34. The van der Waals surface area contributed by atoms with E-state index in [2.05, 4.69) is 31.3 Å². The number of amides is 2. The molecule has 0 saturated heterocycles. The summed E-state index contributed by atoms with van der Waals surface area (Å²) in [6.07, 6.45) is 2.71. The number of rotatable bonds is 6. The first-order chi connectivity index (χ1) is 9.11. The van der Waals surface area contributed by atoms with Gasteiger partial charge in [-0.3, -0.25) is 4.79 Å². The molecule has 0 saturated carbocycles. The molecule has 19 heavy (non-hydrogen) atoms. The molecule has 2 amide bonds. The molecule has 1 aromatic rings. The molecule has 0 aliphatic heterocycles. The van der Waals surface area contributed by atoms with Gasteiger partial charge in [-0.05, 0) is 45.9 Å². The maximum Gasteiger partial charge on any atom is 0.407 e. The van der Waals surface area contributed by atoms with Gasteiger partial charge >= 0.3 is 6.09 Å². The monoisotopic (exact) mass is 346 g/mol. The Balaban J connectivity index is 2.18. The lowest BCUT2D eigenvalue weighted by molar-refractivity contribution is -0.116. The van der Waals surface area contributed by atoms with E-state index in [1.807, 2.05) is 11.4 Å². The van der Waals surface area contributed by atoms with Crippen LogP contribution in [-0.4, -0.2) is 31.7 Å². The predicted octanol–water partition coefficient (Wildman–Crippen LogP) is 2.39. The molecule has 7 heteroatoms. The summed E-state index contributed by atoms with van der Waals surface area (Å²) in [5.74, 6) is -0.201. The minimum Gasteiger partial charge on any atom is -0.450 e. The molecule has 0 unspecified atom stereocenters.